The molecule has 0 aliphatic heterocycles. The lowest BCUT2D eigenvalue weighted by Gasteiger charge is -2.09. The Kier molecular flexibility index (Phi) is 12.3. The van der Waals surface area contributed by atoms with Crippen LogP contribution in [0.1, 0.15) is 60.0 Å². The van der Waals surface area contributed by atoms with Gasteiger partial charge in [0.25, 0.3) is 0 Å². The van der Waals surface area contributed by atoms with E-state index < -0.39 is 24.5 Å². The Labute approximate surface area is 243 Å². The number of ether oxygens (including phenoxy) is 3. The molecule has 0 radical (unpaired) electrons. The number of hydrogen-bond acceptors (Lipinski definition) is 7. The van der Waals surface area contributed by atoms with Crippen molar-refractivity contribution >= 4 is 29.4 Å². The summed E-state index contributed by atoms with van der Waals surface area (Å²) < 4.78 is 52.5. The summed E-state index contributed by atoms with van der Waals surface area (Å²) in [6, 6.07) is 18.1. The molecule has 0 aliphatic carbocycles. The Balaban J connectivity index is 1.31. The highest BCUT2D eigenvalue weighted by atomic mass is 19.4. The first-order valence-electron chi connectivity index (χ1n) is 13.7. The third kappa shape index (κ3) is 12.0. The molecule has 0 saturated heterocycles. The molecule has 7 nitrogen and oxygen atoms in total. The van der Waals surface area contributed by atoms with Gasteiger partial charge in [-0.3, -0.25) is 0 Å². The molecule has 4 N–H and O–H groups in total. The minimum absolute atomic E-state index is 0.0784. The number of unbranched alkanes of at least 4 members (excludes halogenated alkanes) is 3. The summed E-state index contributed by atoms with van der Waals surface area (Å²) in [4.78, 5) is 24.4. The summed E-state index contributed by atoms with van der Waals surface area (Å²) in [5.41, 5.74) is 15.1. The smallest absolute Gasteiger partial charge is 0.389 e. The Bertz CT molecular complexity index is 1320. The fourth-order valence-corrected chi connectivity index (χ4v) is 3.96. The molecule has 0 spiro atoms. The Morgan fingerprint density at radius 2 is 1.48 bits per heavy atom. The number of halogens is 3. The standard InChI is InChI=1S/C32H35F3N2O5/c33-32(34,35)19-5-21-40-27-16-11-25(12-17-27)31(39)42-28-14-7-23(8-15-28)9-18-30(38)41-20-4-2-1-3-6-24-10-13-26(36)22-29(24)37/h7-18,22H,1-6,19-21,36-37H2/b18-9+. The number of hydrogen-bond donors (Lipinski definition) is 2. The van der Waals surface area contributed by atoms with Gasteiger partial charge in [0.1, 0.15) is 11.5 Å². The number of nitrogens with two attached hydrogens (primary N) is 2. The van der Waals surface area contributed by atoms with Gasteiger partial charge in [-0.05, 0) is 91.4 Å². The molecular weight excluding hydrogens is 549 g/mol. The maximum atomic E-state index is 12.4. The second-order valence-corrected chi connectivity index (χ2v) is 9.67. The van der Waals surface area contributed by atoms with Crippen LogP contribution in [0.5, 0.6) is 11.5 Å². The first-order valence-corrected chi connectivity index (χ1v) is 13.7. The highest BCUT2D eigenvalue weighted by molar-refractivity contribution is 5.91. The zero-order valence-electron chi connectivity index (χ0n) is 23.2. The fraction of sp³-hybridized carbons (Fsp3) is 0.312. The summed E-state index contributed by atoms with van der Waals surface area (Å²) in [6.07, 6.45) is 2.26. The summed E-state index contributed by atoms with van der Waals surface area (Å²) in [5.74, 6) is -0.362. The van der Waals surface area contributed by atoms with Gasteiger partial charge in [0.2, 0.25) is 0 Å². The molecule has 0 atom stereocenters. The van der Waals surface area contributed by atoms with Crippen LogP contribution in [0.25, 0.3) is 6.08 Å². The van der Waals surface area contributed by atoms with Crippen molar-refractivity contribution in [2.45, 2.75) is 51.1 Å². The lowest BCUT2D eigenvalue weighted by molar-refractivity contribution is -0.138. The van der Waals surface area contributed by atoms with E-state index in [2.05, 4.69) is 0 Å². The molecule has 0 saturated carbocycles. The van der Waals surface area contributed by atoms with Crippen LogP contribution in [0.3, 0.4) is 0 Å². The molecule has 0 aliphatic rings. The van der Waals surface area contributed by atoms with Gasteiger partial charge in [0.15, 0.2) is 0 Å². The number of benzene rings is 3. The van der Waals surface area contributed by atoms with Crippen molar-refractivity contribution in [3.8, 4) is 11.5 Å². The molecule has 0 heterocycles. The molecular formula is C32H35F3N2O5. The molecule has 3 rings (SSSR count). The lowest BCUT2D eigenvalue weighted by Crippen LogP contribution is -2.10. The summed E-state index contributed by atoms with van der Waals surface area (Å²) in [6.45, 7) is 0.262. The predicted molar refractivity (Wildman–Crippen MR) is 156 cm³/mol. The number of carbonyl (C=O) groups is 2. The number of anilines is 2. The van der Waals surface area contributed by atoms with Gasteiger partial charge in [-0.1, -0.05) is 31.0 Å². The van der Waals surface area contributed by atoms with Gasteiger partial charge in [0, 0.05) is 23.9 Å². The van der Waals surface area contributed by atoms with Crippen LogP contribution in [0.4, 0.5) is 24.5 Å². The molecule has 224 valence electrons. The van der Waals surface area contributed by atoms with E-state index in [-0.39, 0.29) is 18.6 Å². The number of esters is 2. The van der Waals surface area contributed by atoms with Crippen LogP contribution in [-0.4, -0.2) is 31.3 Å². The monoisotopic (exact) mass is 584 g/mol. The SMILES string of the molecule is Nc1ccc(CCCCCCOC(=O)/C=C/c2ccc(OC(=O)c3ccc(OCCCC(F)(F)F)cc3)cc2)c(N)c1. The summed E-state index contributed by atoms with van der Waals surface area (Å²) >= 11 is 0. The van der Waals surface area contributed by atoms with Crippen LogP contribution in [0.2, 0.25) is 0 Å². The zero-order valence-corrected chi connectivity index (χ0v) is 23.2. The molecule has 0 fully saturated rings. The molecule has 0 bridgehead atoms. The van der Waals surface area contributed by atoms with E-state index in [4.69, 9.17) is 25.7 Å². The second kappa shape index (κ2) is 16.1. The highest BCUT2D eigenvalue weighted by Crippen LogP contribution is 2.22. The van der Waals surface area contributed by atoms with E-state index in [9.17, 15) is 22.8 Å². The van der Waals surface area contributed by atoms with Crippen molar-refractivity contribution < 1.29 is 37.0 Å². The second-order valence-electron chi connectivity index (χ2n) is 9.67. The average molecular weight is 585 g/mol. The maximum absolute atomic E-state index is 12.4. The van der Waals surface area contributed by atoms with E-state index in [0.29, 0.717) is 29.5 Å². The molecule has 42 heavy (non-hydrogen) atoms. The van der Waals surface area contributed by atoms with Crippen molar-refractivity contribution in [1.82, 2.24) is 0 Å². The fourth-order valence-electron chi connectivity index (χ4n) is 3.96. The topological polar surface area (TPSA) is 114 Å². The molecule has 0 aromatic heterocycles. The van der Waals surface area contributed by atoms with Gasteiger partial charge in [-0.15, -0.1) is 0 Å². The van der Waals surface area contributed by atoms with E-state index >= 15 is 0 Å². The highest BCUT2D eigenvalue weighted by Gasteiger charge is 2.26. The van der Waals surface area contributed by atoms with Crippen LogP contribution in [0.15, 0.2) is 72.8 Å². The number of alkyl halides is 3. The van der Waals surface area contributed by atoms with Gasteiger partial charge in [-0.2, -0.15) is 13.2 Å². The zero-order chi connectivity index (χ0) is 30.4. The largest absolute Gasteiger partial charge is 0.494 e. The van der Waals surface area contributed by atoms with Crippen LogP contribution in [-0.2, 0) is 16.0 Å². The molecule has 10 heteroatoms. The van der Waals surface area contributed by atoms with Crippen molar-refractivity contribution in [2.24, 2.45) is 0 Å². The Morgan fingerprint density at radius 1 is 0.786 bits per heavy atom. The summed E-state index contributed by atoms with van der Waals surface area (Å²) in [7, 11) is 0. The van der Waals surface area contributed by atoms with E-state index in [1.165, 1.54) is 30.3 Å². The number of aryl methyl sites for hydroxylation is 1. The van der Waals surface area contributed by atoms with Crippen LogP contribution >= 0.6 is 0 Å². The maximum Gasteiger partial charge on any atom is 0.389 e. The Hall–Kier alpha value is -4.47. The first kappa shape index (κ1) is 32.0. The minimum atomic E-state index is -4.21. The third-order valence-electron chi connectivity index (χ3n) is 6.22. The van der Waals surface area contributed by atoms with Crippen LogP contribution in [0, 0.1) is 0 Å². The van der Waals surface area contributed by atoms with Crippen molar-refractivity contribution in [3.63, 3.8) is 0 Å². The minimum Gasteiger partial charge on any atom is -0.494 e. The van der Waals surface area contributed by atoms with Gasteiger partial charge >= 0.3 is 18.1 Å². The van der Waals surface area contributed by atoms with Crippen molar-refractivity contribution in [2.75, 3.05) is 24.7 Å². The van der Waals surface area contributed by atoms with Gasteiger partial charge in [-0.25, -0.2) is 9.59 Å². The van der Waals surface area contributed by atoms with Crippen LogP contribution < -0.4 is 20.9 Å². The van der Waals surface area contributed by atoms with Gasteiger partial charge < -0.3 is 25.7 Å². The van der Waals surface area contributed by atoms with E-state index in [0.717, 1.165) is 43.2 Å². The lowest BCUT2D eigenvalue weighted by atomic mass is 10.0. The normalized spacial score (nSPS) is 11.4. The number of nitrogen functional groups attached to an aromatic ring is 2. The molecule has 3 aromatic carbocycles. The summed E-state index contributed by atoms with van der Waals surface area (Å²) in [5, 5.41) is 0. The quantitative estimate of drug-likeness (QED) is 0.0641. The average Bonchev–Trinajstić information content (AvgIpc) is 2.95. The van der Waals surface area contributed by atoms with Gasteiger partial charge in [0.05, 0.1) is 18.8 Å². The molecule has 0 unspecified atom stereocenters. The Morgan fingerprint density at radius 3 is 2.17 bits per heavy atom. The molecule has 0 amide bonds. The van der Waals surface area contributed by atoms with Crippen molar-refractivity contribution in [3.05, 3.63) is 89.5 Å². The predicted octanol–water partition coefficient (Wildman–Crippen LogP) is 7.15. The van der Waals surface area contributed by atoms with E-state index in [1.54, 1.807) is 36.4 Å². The third-order valence-corrected chi connectivity index (χ3v) is 6.22. The van der Waals surface area contributed by atoms with Crippen molar-refractivity contribution in [1.29, 1.82) is 0 Å². The van der Waals surface area contributed by atoms with E-state index in [1.807, 2.05) is 12.1 Å². The molecule has 3 aromatic rings. The number of rotatable bonds is 15. The first-order chi connectivity index (χ1) is 20.1. The number of carbonyl (C=O) groups excluding carboxylic acids is 2.